The lowest BCUT2D eigenvalue weighted by atomic mass is 10.2. The number of fused-ring (bicyclic) bond motifs is 1. The molecule has 0 aliphatic heterocycles. The molecule has 0 radical (unpaired) electrons. The summed E-state index contributed by atoms with van der Waals surface area (Å²) in [6.45, 7) is 0. The van der Waals surface area contributed by atoms with E-state index in [0.29, 0.717) is 21.4 Å². The number of aromatic nitrogens is 2. The minimum atomic E-state index is 0.546. The highest BCUT2D eigenvalue weighted by Crippen LogP contribution is 2.32. The van der Waals surface area contributed by atoms with E-state index in [1.54, 1.807) is 24.4 Å². The average molecular weight is 275 g/mol. The lowest BCUT2D eigenvalue weighted by Crippen LogP contribution is -1.91. The van der Waals surface area contributed by atoms with Gasteiger partial charge in [0.05, 0.1) is 21.1 Å². The molecule has 0 spiro atoms. The van der Waals surface area contributed by atoms with Crippen LogP contribution in [0, 0.1) is 0 Å². The van der Waals surface area contributed by atoms with E-state index >= 15 is 0 Å². The van der Waals surface area contributed by atoms with Gasteiger partial charge in [-0.3, -0.25) is 0 Å². The van der Waals surface area contributed by atoms with Crippen molar-refractivity contribution in [2.24, 2.45) is 0 Å². The van der Waals surface area contributed by atoms with Gasteiger partial charge in [0.25, 0.3) is 0 Å². The Morgan fingerprint density at radius 1 is 0.833 bits per heavy atom. The topological polar surface area (TPSA) is 25.8 Å². The van der Waals surface area contributed by atoms with Gasteiger partial charge in [0, 0.05) is 11.6 Å². The fraction of sp³-hybridized carbons (Fsp3) is 0. The lowest BCUT2D eigenvalue weighted by molar-refractivity contribution is 1.23. The first-order valence-electron chi connectivity index (χ1n) is 5.42. The number of halogens is 2. The van der Waals surface area contributed by atoms with Crippen LogP contribution in [-0.2, 0) is 0 Å². The number of hydrogen-bond donors (Lipinski definition) is 0. The third-order valence-corrected chi connectivity index (χ3v) is 3.31. The average Bonchev–Trinajstić information content (AvgIpc) is 2.38. The monoisotopic (exact) mass is 274 g/mol. The zero-order chi connectivity index (χ0) is 12.5. The van der Waals surface area contributed by atoms with Crippen LogP contribution < -0.4 is 0 Å². The van der Waals surface area contributed by atoms with Crippen LogP contribution in [0.1, 0.15) is 0 Å². The number of hydrogen-bond acceptors (Lipinski definition) is 2. The molecule has 88 valence electrons. The molecule has 3 rings (SSSR count). The maximum Gasteiger partial charge on any atom is 0.162 e. The number of benzene rings is 2. The summed E-state index contributed by atoms with van der Waals surface area (Å²) in [6.07, 6.45) is 1.78. The summed E-state index contributed by atoms with van der Waals surface area (Å²) in [5, 5.41) is 2.10. The van der Waals surface area contributed by atoms with Gasteiger partial charge in [0.1, 0.15) is 0 Å². The zero-order valence-electron chi connectivity index (χ0n) is 9.27. The summed E-state index contributed by atoms with van der Waals surface area (Å²) in [5.74, 6) is 0.546. The van der Waals surface area contributed by atoms with E-state index in [9.17, 15) is 0 Å². The molecule has 0 unspecified atom stereocenters. The van der Waals surface area contributed by atoms with Crippen molar-refractivity contribution in [3.8, 4) is 11.4 Å². The SMILES string of the molecule is Clc1cccc(Cl)c1-c1ncc2ccccc2n1. The Balaban J connectivity index is 2.26. The molecule has 2 nitrogen and oxygen atoms in total. The summed E-state index contributed by atoms with van der Waals surface area (Å²) >= 11 is 12.3. The van der Waals surface area contributed by atoms with E-state index in [2.05, 4.69) is 9.97 Å². The minimum Gasteiger partial charge on any atom is -0.236 e. The van der Waals surface area contributed by atoms with Gasteiger partial charge in [0.2, 0.25) is 0 Å². The van der Waals surface area contributed by atoms with Gasteiger partial charge in [-0.25, -0.2) is 9.97 Å². The summed E-state index contributed by atoms with van der Waals surface area (Å²) in [5.41, 5.74) is 1.55. The summed E-state index contributed by atoms with van der Waals surface area (Å²) in [4.78, 5) is 8.81. The highest BCUT2D eigenvalue weighted by atomic mass is 35.5. The third kappa shape index (κ3) is 1.94. The lowest BCUT2D eigenvalue weighted by Gasteiger charge is -2.06. The van der Waals surface area contributed by atoms with Gasteiger partial charge < -0.3 is 0 Å². The Labute approximate surface area is 114 Å². The van der Waals surface area contributed by atoms with Crippen LogP contribution >= 0.6 is 23.2 Å². The van der Waals surface area contributed by atoms with Crippen molar-refractivity contribution in [3.63, 3.8) is 0 Å². The van der Waals surface area contributed by atoms with Crippen LogP contribution in [-0.4, -0.2) is 9.97 Å². The van der Waals surface area contributed by atoms with Crippen LogP contribution in [0.15, 0.2) is 48.7 Å². The largest absolute Gasteiger partial charge is 0.236 e. The molecule has 0 atom stereocenters. The first kappa shape index (κ1) is 11.5. The summed E-state index contributed by atoms with van der Waals surface area (Å²) in [6, 6.07) is 13.2. The minimum absolute atomic E-state index is 0.546. The molecule has 0 saturated carbocycles. The molecule has 0 aliphatic rings. The summed E-state index contributed by atoms with van der Waals surface area (Å²) < 4.78 is 0. The normalized spacial score (nSPS) is 10.8. The predicted octanol–water partition coefficient (Wildman–Crippen LogP) is 4.60. The van der Waals surface area contributed by atoms with Crippen molar-refractivity contribution < 1.29 is 0 Å². The Bertz CT molecular complexity index is 706. The third-order valence-electron chi connectivity index (χ3n) is 2.68. The highest BCUT2D eigenvalue weighted by Gasteiger charge is 2.11. The van der Waals surface area contributed by atoms with E-state index in [0.717, 1.165) is 10.9 Å². The van der Waals surface area contributed by atoms with Crippen LogP contribution in [0.4, 0.5) is 0 Å². The fourth-order valence-electron chi connectivity index (χ4n) is 1.80. The molecule has 0 aliphatic carbocycles. The number of para-hydroxylation sites is 1. The molecule has 0 saturated heterocycles. The van der Waals surface area contributed by atoms with Crippen molar-refractivity contribution in [2.45, 2.75) is 0 Å². The first-order chi connectivity index (χ1) is 8.75. The molecule has 2 aromatic carbocycles. The van der Waals surface area contributed by atoms with Gasteiger partial charge in [-0.1, -0.05) is 47.5 Å². The molecule has 1 aromatic heterocycles. The first-order valence-corrected chi connectivity index (χ1v) is 6.17. The van der Waals surface area contributed by atoms with E-state index in [-0.39, 0.29) is 0 Å². The van der Waals surface area contributed by atoms with Crippen molar-refractivity contribution in [2.75, 3.05) is 0 Å². The standard InChI is InChI=1S/C14H8Cl2N2/c15-10-5-3-6-11(16)13(10)14-17-8-9-4-1-2-7-12(9)18-14/h1-8H. The molecule has 18 heavy (non-hydrogen) atoms. The molecular weight excluding hydrogens is 267 g/mol. The quantitative estimate of drug-likeness (QED) is 0.648. The van der Waals surface area contributed by atoms with E-state index in [1.807, 2.05) is 24.3 Å². The van der Waals surface area contributed by atoms with E-state index in [4.69, 9.17) is 23.2 Å². The number of rotatable bonds is 1. The zero-order valence-corrected chi connectivity index (χ0v) is 10.8. The smallest absolute Gasteiger partial charge is 0.162 e. The van der Waals surface area contributed by atoms with Crippen molar-refractivity contribution in [1.82, 2.24) is 9.97 Å². The van der Waals surface area contributed by atoms with Crippen LogP contribution in [0.25, 0.3) is 22.3 Å². The molecular formula is C14H8Cl2N2. The summed E-state index contributed by atoms with van der Waals surface area (Å²) in [7, 11) is 0. The van der Waals surface area contributed by atoms with Crippen LogP contribution in [0.2, 0.25) is 10.0 Å². The Hall–Kier alpha value is -1.64. The maximum absolute atomic E-state index is 6.15. The van der Waals surface area contributed by atoms with Gasteiger partial charge in [-0.15, -0.1) is 0 Å². The van der Waals surface area contributed by atoms with Crippen molar-refractivity contribution >= 4 is 34.1 Å². The molecule has 0 fully saturated rings. The van der Waals surface area contributed by atoms with E-state index in [1.165, 1.54) is 0 Å². The van der Waals surface area contributed by atoms with Crippen LogP contribution in [0.3, 0.4) is 0 Å². The van der Waals surface area contributed by atoms with Gasteiger partial charge in [0.15, 0.2) is 5.82 Å². The molecule has 0 bridgehead atoms. The molecule has 1 heterocycles. The Kier molecular flexibility index (Phi) is 2.90. The highest BCUT2D eigenvalue weighted by molar-refractivity contribution is 6.39. The van der Waals surface area contributed by atoms with Crippen molar-refractivity contribution in [1.29, 1.82) is 0 Å². The maximum atomic E-state index is 6.15. The molecule has 0 N–H and O–H groups in total. The van der Waals surface area contributed by atoms with Gasteiger partial charge >= 0.3 is 0 Å². The van der Waals surface area contributed by atoms with Crippen molar-refractivity contribution in [3.05, 3.63) is 58.7 Å². The van der Waals surface area contributed by atoms with Crippen LogP contribution in [0.5, 0.6) is 0 Å². The van der Waals surface area contributed by atoms with Gasteiger partial charge in [-0.2, -0.15) is 0 Å². The Morgan fingerprint density at radius 3 is 2.33 bits per heavy atom. The van der Waals surface area contributed by atoms with E-state index < -0.39 is 0 Å². The fourth-order valence-corrected chi connectivity index (χ4v) is 2.37. The van der Waals surface area contributed by atoms with Gasteiger partial charge in [-0.05, 0) is 18.2 Å². The second kappa shape index (κ2) is 4.56. The number of nitrogens with zero attached hydrogens (tertiary/aromatic N) is 2. The second-order valence-corrected chi connectivity index (χ2v) is 4.66. The molecule has 0 amide bonds. The predicted molar refractivity (Wildman–Crippen MR) is 75.0 cm³/mol. The Morgan fingerprint density at radius 2 is 1.56 bits per heavy atom. The molecule has 3 aromatic rings. The molecule has 4 heteroatoms. The second-order valence-electron chi connectivity index (χ2n) is 3.85.